The third-order valence-corrected chi connectivity index (χ3v) is 2.72. The number of carbonyl (C=O) groups excluding carboxylic acids is 1. The summed E-state index contributed by atoms with van der Waals surface area (Å²) >= 11 is 0. The van der Waals surface area contributed by atoms with E-state index in [1.165, 1.54) is 18.4 Å². The van der Waals surface area contributed by atoms with Crippen molar-refractivity contribution in [3.63, 3.8) is 0 Å². The normalized spacial score (nSPS) is 16.4. The predicted molar refractivity (Wildman–Crippen MR) is 66.2 cm³/mol. The van der Waals surface area contributed by atoms with Gasteiger partial charge in [0.1, 0.15) is 0 Å². The summed E-state index contributed by atoms with van der Waals surface area (Å²) in [4.78, 5) is 13.5. The van der Waals surface area contributed by atoms with Gasteiger partial charge in [-0.3, -0.25) is 0 Å². The van der Waals surface area contributed by atoms with Crippen molar-refractivity contribution in [2.75, 3.05) is 27.2 Å². The topological polar surface area (TPSA) is 44.4 Å². The highest BCUT2D eigenvalue weighted by Crippen LogP contribution is 2.35. The Morgan fingerprint density at radius 1 is 1.44 bits per heavy atom. The number of rotatable bonds is 6. The zero-order valence-corrected chi connectivity index (χ0v) is 10.5. The van der Waals surface area contributed by atoms with Crippen molar-refractivity contribution in [1.29, 1.82) is 0 Å². The summed E-state index contributed by atoms with van der Waals surface area (Å²) in [5.41, 5.74) is 1.28. The van der Waals surface area contributed by atoms with E-state index in [2.05, 4.69) is 22.5 Å². The Morgan fingerprint density at radius 2 is 2.12 bits per heavy atom. The molecule has 0 unspecified atom stereocenters. The molecule has 1 rings (SSSR count). The summed E-state index contributed by atoms with van der Waals surface area (Å²) in [7, 11) is 4.06. The number of hydrogen-bond donors (Lipinski definition) is 2. The van der Waals surface area contributed by atoms with E-state index < -0.39 is 0 Å². The Kier molecular flexibility index (Phi) is 5.32. The molecule has 0 aliphatic heterocycles. The third-order valence-electron chi connectivity index (χ3n) is 2.72. The van der Waals surface area contributed by atoms with Crippen LogP contribution in [0.15, 0.2) is 11.8 Å². The van der Waals surface area contributed by atoms with Gasteiger partial charge >= 0.3 is 6.03 Å². The first-order valence-corrected chi connectivity index (χ1v) is 5.95. The fourth-order valence-electron chi connectivity index (χ4n) is 1.48. The number of carbonyl (C=O) groups is 1. The highest BCUT2D eigenvalue weighted by molar-refractivity contribution is 5.74. The van der Waals surface area contributed by atoms with E-state index in [-0.39, 0.29) is 6.03 Å². The van der Waals surface area contributed by atoms with Gasteiger partial charge in [0.05, 0.1) is 0 Å². The Bertz CT molecular complexity index is 257. The second-order valence-electron chi connectivity index (χ2n) is 4.72. The maximum absolute atomic E-state index is 11.4. The summed E-state index contributed by atoms with van der Waals surface area (Å²) in [6, 6.07) is -0.0984. The molecule has 2 N–H and O–H groups in total. The van der Waals surface area contributed by atoms with E-state index >= 15 is 0 Å². The molecule has 92 valence electrons. The van der Waals surface area contributed by atoms with Crippen molar-refractivity contribution in [3.8, 4) is 0 Å². The van der Waals surface area contributed by atoms with Crippen molar-refractivity contribution in [3.05, 3.63) is 11.8 Å². The highest BCUT2D eigenvalue weighted by atomic mass is 16.2. The minimum Gasteiger partial charge on any atom is -0.338 e. The van der Waals surface area contributed by atoms with Crippen LogP contribution in [0, 0.1) is 5.92 Å². The molecule has 1 aliphatic carbocycles. The first-order valence-electron chi connectivity index (χ1n) is 5.95. The Balaban J connectivity index is 2.04. The SMILES string of the molecule is C/C(=C\NC(=O)NCCCN(C)C)C1CC1. The molecule has 0 bridgehead atoms. The van der Waals surface area contributed by atoms with Crippen LogP contribution in [0.4, 0.5) is 4.79 Å². The summed E-state index contributed by atoms with van der Waals surface area (Å²) in [6.07, 6.45) is 5.35. The fraction of sp³-hybridized carbons (Fsp3) is 0.750. The van der Waals surface area contributed by atoms with E-state index in [4.69, 9.17) is 0 Å². The van der Waals surface area contributed by atoms with E-state index in [1.807, 2.05) is 20.3 Å². The van der Waals surface area contributed by atoms with E-state index in [0.717, 1.165) is 19.5 Å². The number of nitrogens with one attached hydrogen (secondary N) is 2. The average Bonchev–Trinajstić information content (AvgIpc) is 3.04. The van der Waals surface area contributed by atoms with Crippen LogP contribution in [0.1, 0.15) is 26.2 Å². The van der Waals surface area contributed by atoms with Gasteiger partial charge in [-0.2, -0.15) is 0 Å². The lowest BCUT2D eigenvalue weighted by atomic mass is 10.2. The molecule has 0 aromatic rings. The minimum absolute atomic E-state index is 0.0984. The zero-order chi connectivity index (χ0) is 12.0. The van der Waals surface area contributed by atoms with Crippen molar-refractivity contribution in [2.45, 2.75) is 26.2 Å². The molecule has 0 aromatic heterocycles. The summed E-state index contributed by atoms with van der Waals surface area (Å²) < 4.78 is 0. The lowest BCUT2D eigenvalue weighted by molar-refractivity contribution is 0.243. The smallest absolute Gasteiger partial charge is 0.318 e. The standard InChI is InChI=1S/C12H23N3O/c1-10(11-5-6-11)9-14-12(16)13-7-4-8-15(2)3/h9,11H,4-8H2,1-3H3,(H2,13,14,16)/b10-9+. The number of amides is 2. The first kappa shape index (κ1) is 13.0. The zero-order valence-electron chi connectivity index (χ0n) is 10.5. The highest BCUT2D eigenvalue weighted by Gasteiger charge is 2.22. The largest absolute Gasteiger partial charge is 0.338 e. The summed E-state index contributed by atoms with van der Waals surface area (Å²) in [5.74, 6) is 0.717. The van der Waals surface area contributed by atoms with Crippen molar-refractivity contribution in [1.82, 2.24) is 15.5 Å². The molecular weight excluding hydrogens is 202 g/mol. The van der Waals surface area contributed by atoms with Gasteiger partial charge in [0.25, 0.3) is 0 Å². The molecule has 0 radical (unpaired) electrons. The Hall–Kier alpha value is -1.03. The van der Waals surface area contributed by atoms with Crippen LogP contribution in [-0.4, -0.2) is 38.1 Å². The lowest BCUT2D eigenvalue weighted by Gasteiger charge is -2.09. The molecule has 0 heterocycles. The fourth-order valence-corrected chi connectivity index (χ4v) is 1.48. The molecule has 0 spiro atoms. The number of nitrogens with zero attached hydrogens (tertiary/aromatic N) is 1. The quantitative estimate of drug-likeness (QED) is 0.674. The van der Waals surface area contributed by atoms with Crippen LogP contribution in [0.2, 0.25) is 0 Å². The van der Waals surface area contributed by atoms with Crippen molar-refractivity contribution in [2.24, 2.45) is 5.92 Å². The number of allylic oxidation sites excluding steroid dienone is 1. The summed E-state index contributed by atoms with van der Waals surface area (Å²) in [6.45, 7) is 3.79. The molecule has 0 aromatic carbocycles. The molecule has 2 amide bonds. The van der Waals surface area contributed by atoms with Crippen LogP contribution < -0.4 is 10.6 Å². The number of hydrogen-bond acceptors (Lipinski definition) is 2. The van der Waals surface area contributed by atoms with Gasteiger partial charge in [0, 0.05) is 12.7 Å². The third kappa shape index (κ3) is 5.75. The maximum Gasteiger partial charge on any atom is 0.318 e. The summed E-state index contributed by atoms with van der Waals surface area (Å²) in [5, 5.41) is 5.60. The second kappa shape index (κ2) is 6.53. The van der Waals surface area contributed by atoms with Crippen LogP contribution in [0.25, 0.3) is 0 Å². The van der Waals surface area contributed by atoms with Gasteiger partial charge in [-0.05, 0) is 52.7 Å². The Morgan fingerprint density at radius 3 is 2.69 bits per heavy atom. The molecule has 0 atom stereocenters. The first-order chi connectivity index (χ1) is 7.59. The minimum atomic E-state index is -0.0984. The Labute approximate surface area is 98.1 Å². The van der Waals surface area contributed by atoms with Gasteiger partial charge in [-0.25, -0.2) is 4.79 Å². The number of urea groups is 1. The molecule has 16 heavy (non-hydrogen) atoms. The van der Waals surface area contributed by atoms with Crippen LogP contribution in [-0.2, 0) is 0 Å². The van der Waals surface area contributed by atoms with E-state index in [1.54, 1.807) is 0 Å². The van der Waals surface area contributed by atoms with Crippen LogP contribution in [0.3, 0.4) is 0 Å². The van der Waals surface area contributed by atoms with E-state index in [9.17, 15) is 4.79 Å². The monoisotopic (exact) mass is 225 g/mol. The average molecular weight is 225 g/mol. The second-order valence-corrected chi connectivity index (χ2v) is 4.72. The van der Waals surface area contributed by atoms with Gasteiger partial charge < -0.3 is 15.5 Å². The molecule has 1 aliphatic rings. The molecule has 0 saturated heterocycles. The van der Waals surface area contributed by atoms with Crippen molar-refractivity contribution >= 4 is 6.03 Å². The molecule has 1 saturated carbocycles. The van der Waals surface area contributed by atoms with E-state index in [0.29, 0.717) is 5.92 Å². The molecule has 4 heteroatoms. The van der Waals surface area contributed by atoms with Crippen LogP contribution in [0.5, 0.6) is 0 Å². The lowest BCUT2D eigenvalue weighted by Crippen LogP contribution is -2.34. The molecule has 1 fully saturated rings. The predicted octanol–water partition coefficient (Wildman–Crippen LogP) is 1.55. The van der Waals surface area contributed by atoms with Crippen LogP contribution >= 0.6 is 0 Å². The van der Waals surface area contributed by atoms with Crippen molar-refractivity contribution < 1.29 is 4.79 Å². The van der Waals surface area contributed by atoms with Gasteiger partial charge in [-0.1, -0.05) is 5.57 Å². The van der Waals surface area contributed by atoms with Gasteiger partial charge in [0.15, 0.2) is 0 Å². The van der Waals surface area contributed by atoms with Gasteiger partial charge in [0.2, 0.25) is 0 Å². The molecule has 4 nitrogen and oxygen atoms in total. The maximum atomic E-state index is 11.4. The van der Waals surface area contributed by atoms with Gasteiger partial charge in [-0.15, -0.1) is 0 Å². The molecular formula is C12H23N3O.